The zero-order valence-electron chi connectivity index (χ0n) is 7.87. The van der Waals surface area contributed by atoms with Crippen molar-refractivity contribution in [3.8, 4) is 5.75 Å². The van der Waals surface area contributed by atoms with E-state index >= 15 is 0 Å². The first-order valence-corrected chi connectivity index (χ1v) is 4.64. The first kappa shape index (κ1) is 7.62. The van der Waals surface area contributed by atoms with Crippen LogP contribution in [0.2, 0.25) is 0 Å². The molecule has 2 heterocycles. The highest BCUT2D eigenvalue weighted by atomic mass is 16.5. The van der Waals surface area contributed by atoms with Crippen LogP contribution < -0.4 is 4.74 Å². The van der Waals surface area contributed by atoms with Gasteiger partial charge in [0.2, 0.25) is 0 Å². The number of fused-ring (bicyclic) bond motifs is 2. The lowest BCUT2D eigenvalue weighted by Gasteiger charge is -2.10. The molecule has 0 aliphatic carbocycles. The molecular weight excluding hydrogens is 176 g/mol. The Hall–Kier alpha value is -1.77. The number of benzene rings is 1. The lowest BCUT2D eigenvalue weighted by atomic mass is 10.1. The first-order chi connectivity index (χ1) is 6.83. The smallest absolute Gasteiger partial charge is 0.132 e. The van der Waals surface area contributed by atoms with Crippen LogP contribution in [-0.2, 0) is 6.42 Å². The molecule has 3 rings (SSSR count). The Morgan fingerprint density at radius 2 is 2.36 bits per heavy atom. The number of imidazole rings is 1. The molecule has 0 fully saturated rings. The van der Waals surface area contributed by atoms with Gasteiger partial charge in [-0.05, 0) is 25.5 Å². The van der Waals surface area contributed by atoms with E-state index in [1.165, 1.54) is 5.56 Å². The number of nitrogens with zero attached hydrogens (tertiary/aromatic N) is 1. The van der Waals surface area contributed by atoms with Crippen molar-refractivity contribution in [3.63, 3.8) is 0 Å². The van der Waals surface area contributed by atoms with Crippen molar-refractivity contribution < 1.29 is 4.74 Å². The molecule has 1 N–H and O–H groups in total. The van der Waals surface area contributed by atoms with E-state index in [-0.39, 0.29) is 0 Å². The van der Waals surface area contributed by atoms with Crippen LogP contribution in [0.25, 0.3) is 11.0 Å². The third-order valence-corrected chi connectivity index (χ3v) is 2.41. The van der Waals surface area contributed by atoms with Gasteiger partial charge in [0, 0.05) is 11.6 Å². The van der Waals surface area contributed by atoms with Crippen molar-refractivity contribution in [1.29, 1.82) is 0 Å². The summed E-state index contributed by atoms with van der Waals surface area (Å²) >= 11 is 0. The molecule has 3 heteroatoms. The summed E-state index contributed by atoms with van der Waals surface area (Å²) < 4.78 is 5.41. The number of aromatic amines is 1. The molecule has 3 nitrogen and oxygen atoms in total. The van der Waals surface area contributed by atoms with E-state index in [2.05, 4.69) is 16.0 Å². The van der Waals surface area contributed by atoms with Gasteiger partial charge in [-0.2, -0.15) is 0 Å². The molecule has 1 aromatic carbocycles. The summed E-state index contributed by atoms with van der Waals surface area (Å²) in [6, 6.07) is 4.09. The lowest BCUT2D eigenvalue weighted by molar-refractivity contribution is 0.465. The summed E-state index contributed by atoms with van der Waals surface area (Å²) in [6.07, 6.45) is 4.68. The largest absolute Gasteiger partial charge is 0.465 e. The van der Waals surface area contributed by atoms with E-state index in [9.17, 15) is 0 Å². The summed E-state index contributed by atoms with van der Waals surface area (Å²) in [5.41, 5.74) is 3.26. The van der Waals surface area contributed by atoms with Crippen molar-refractivity contribution in [1.82, 2.24) is 9.97 Å². The molecule has 0 unspecified atom stereocenters. The monoisotopic (exact) mass is 186 g/mol. The summed E-state index contributed by atoms with van der Waals surface area (Å²) in [5, 5.41) is 0. The molecule has 0 radical (unpaired) electrons. The molecule has 1 aliphatic heterocycles. The summed E-state index contributed by atoms with van der Waals surface area (Å²) in [7, 11) is 0. The molecular formula is C11H10N2O. The van der Waals surface area contributed by atoms with Crippen LogP contribution in [0.1, 0.15) is 11.4 Å². The lowest BCUT2D eigenvalue weighted by Crippen LogP contribution is -1.95. The van der Waals surface area contributed by atoms with Gasteiger partial charge in [-0.1, -0.05) is 0 Å². The quantitative estimate of drug-likeness (QED) is 0.685. The van der Waals surface area contributed by atoms with E-state index in [1.807, 2.05) is 19.1 Å². The Bertz CT molecular complexity index is 480. The van der Waals surface area contributed by atoms with Crippen LogP contribution in [-0.4, -0.2) is 9.97 Å². The second-order valence-electron chi connectivity index (χ2n) is 3.49. The number of allylic oxidation sites excluding steroid dienone is 1. The topological polar surface area (TPSA) is 37.9 Å². The molecule has 0 amide bonds. The molecule has 0 saturated heterocycles. The third-order valence-electron chi connectivity index (χ3n) is 2.41. The Balaban J connectivity index is 2.29. The van der Waals surface area contributed by atoms with Gasteiger partial charge in [0.25, 0.3) is 0 Å². The molecule has 0 atom stereocenters. The van der Waals surface area contributed by atoms with E-state index < -0.39 is 0 Å². The maximum atomic E-state index is 5.41. The molecule has 1 aromatic heterocycles. The van der Waals surface area contributed by atoms with Gasteiger partial charge in [-0.3, -0.25) is 0 Å². The van der Waals surface area contributed by atoms with Crippen LogP contribution in [0.5, 0.6) is 5.75 Å². The van der Waals surface area contributed by atoms with Crippen LogP contribution in [0.15, 0.2) is 24.5 Å². The Morgan fingerprint density at radius 1 is 1.43 bits per heavy atom. The molecule has 0 bridgehead atoms. The number of hydrogen-bond donors (Lipinski definition) is 1. The first-order valence-electron chi connectivity index (χ1n) is 4.64. The minimum Gasteiger partial charge on any atom is -0.465 e. The van der Waals surface area contributed by atoms with Crippen LogP contribution in [0, 0.1) is 6.92 Å². The van der Waals surface area contributed by atoms with Gasteiger partial charge >= 0.3 is 0 Å². The van der Waals surface area contributed by atoms with Gasteiger partial charge in [-0.15, -0.1) is 0 Å². The normalized spacial score (nSPS) is 14.1. The Kier molecular flexibility index (Phi) is 1.42. The maximum absolute atomic E-state index is 5.41. The zero-order chi connectivity index (χ0) is 9.54. The highest BCUT2D eigenvalue weighted by molar-refractivity contribution is 5.78. The van der Waals surface area contributed by atoms with Gasteiger partial charge < -0.3 is 9.72 Å². The third kappa shape index (κ3) is 1.02. The van der Waals surface area contributed by atoms with Gasteiger partial charge in [0.1, 0.15) is 11.6 Å². The summed E-state index contributed by atoms with van der Waals surface area (Å²) in [4.78, 5) is 7.58. The van der Waals surface area contributed by atoms with Crippen LogP contribution in [0.4, 0.5) is 0 Å². The Morgan fingerprint density at radius 3 is 3.29 bits per heavy atom. The SMILES string of the molecule is Cc1nc2cc3c(cc2[nH]1)CC=CO3. The molecule has 1 aliphatic rings. The predicted octanol–water partition coefficient (Wildman–Crippen LogP) is 2.32. The summed E-state index contributed by atoms with van der Waals surface area (Å²) in [6.45, 7) is 1.96. The van der Waals surface area contributed by atoms with E-state index in [4.69, 9.17) is 4.74 Å². The fourth-order valence-corrected chi connectivity index (χ4v) is 1.78. The second kappa shape index (κ2) is 2.61. The fourth-order valence-electron chi connectivity index (χ4n) is 1.78. The van der Waals surface area contributed by atoms with Gasteiger partial charge in [-0.25, -0.2) is 4.98 Å². The van der Waals surface area contributed by atoms with E-state index in [1.54, 1.807) is 6.26 Å². The van der Waals surface area contributed by atoms with E-state index in [0.29, 0.717) is 0 Å². The average molecular weight is 186 g/mol. The number of rotatable bonds is 0. The maximum Gasteiger partial charge on any atom is 0.132 e. The van der Waals surface area contributed by atoms with Crippen molar-refractivity contribution >= 4 is 11.0 Å². The average Bonchev–Trinajstić information content (AvgIpc) is 2.53. The van der Waals surface area contributed by atoms with Gasteiger partial charge in [0.05, 0.1) is 17.3 Å². The Labute approximate surface area is 81.4 Å². The van der Waals surface area contributed by atoms with Crippen molar-refractivity contribution in [3.05, 3.63) is 35.9 Å². The number of ether oxygens (including phenoxy) is 1. The standard InChI is InChI=1S/C11H10N2O/c1-7-12-9-5-8-3-2-4-14-11(8)6-10(9)13-7/h2,4-6H,3H2,1H3,(H,12,13). The highest BCUT2D eigenvalue weighted by Crippen LogP contribution is 2.27. The van der Waals surface area contributed by atoms with Crippen molar-refractivity contribution in [2.24, 2.45) is 0 Å². The van der Waals surface area contributed by atoms with Crippen molar-refractivity contribution in [2.75, 3.05) is 0 Å². The number of aryl methyl sites for hydroxylation is 1. The molecule has 0 saturated carbocycles. The van der Waals surface area contributed by atoms with Crippen molar-refractivity contribution in [2.45, 2.75) is 13.3 Å². The zero-order valence-corrected chi connectivity index (χ0v) is 7.87. The fraction of sp³-hybridized carbons (Fsp3) is 0.182. The minimum absolute atomic E-state index is 0.923. The number of nitrogens with one attached hydrogen (secondary N) is 1. The molecule has 70 valence electrons. The molecule has 14 heavy (non-hydrogen) atoms. The summed E-state index contributed by atoms with van der Waals surface area (Å²) in [5.74, 6) is 1.86. The number of aromatic nitrogens is 2. The van der Waals surface area contributed by atoms with Crippen LogP contribution >= 0.6 is 0 Å². The molecule has 2 aromatic rings. The minimum atomic E-state index is 0.923. The van der Waals surface area contributed by atoms with E-state index in [0.717, 1.165) is 29.0 Å². The highest BCUT2D eigenvalue weighted by Gasteiger charge is 2.09. The number of hydrogen-bond acceptors (Lipinski definition) is 2. The predicted molar refractivity (Wildman–Crippen MR) is 54.3 cm³/mol. The van der Waals surface area contributed by atoms with Gasteiger partial charge in [0.15, 0.2) is 0 Å². The molecule has 0 spiro atoms. The second-order valence-corrected chi connectivity index (χ2v) is 3.49. The number of H-pyrrole nitrogens is 1. The van der Waals surface area contributed by atoms with Crippen LogP contribution in [0.3, 0.4) is 0 Å².